The quantitative estimate of drug-likeness (QED) is 0.593. The van der Waals surface area contributed by atoms with Gasteiger partial charge in [0.25, 0.3) is 0 Å². The molecule has 0 radical (unpaired) electrons. The molecule has 1 aromatic carbocycles. The normalized spacial score (nSPS) is 18.7. The SMILES string of the molecule is Cc1ccc2ncn(C3=NC(C)(C)C(F)(F)c4sccc43)c2c1. The molecule has 3 aromatic rings. The molecule has 4 rings (SSSR count). The molecule has 0 N–H and O–H groups in total. The minimum absolute atomic E-state index is 0.0713. The molecule has 1 aliphatic heterocycles. The van der Waals surface area contributed by atoms with Gasteiger partial charge in [-0.3, -0.25) is 9.56 Å². The van der Waals surface area contributed by atoms with Gasteiger partial charge in [-0.05, 0) is 49.9 Å². The number of aromatic nitrogens is 2. The van der Waals surface area contributed by atoms with Gasteiger partial charge < -0.3 is 0 Å². The van der Waals surface area contributed by atoms with Crippen LogP contribution in [0.2, 0.25) is 0 Å². The Hall–Kier alpha value is -2.08. The van der Waals surface area contributed by atoms with Crippen LogP contribution in [0, 0.1) is 6.92 Å². The third-order valence-electron chi connectivity index (χ3n) is 4.28. The largest absolute Gasteiger partial charge is 0.307 e. The molecule has 0 unspecified atom stereocenters. The minimum atomic E-state index is -2.98. The zero-order valence-corrected chi connectivity index (χ0v) is 13.8. The summed E-state index contributed by atoms with van der Waals surface area (Å²) in [6.45, 7) is 4.94. The van der Waals surface area contributed by atoms with E-state index >= 15 is 0 Å². The number of benzene rings is 1. The average molecular weight is 331 g/mol. The Kier molecular flexibility index (Phi) is 2.82. The number of hydrogen-bond acceptors (Lipinski definition) is 3. The first-order valence-electron chi connectivity index (χ1n) is 7.31. The minimum Gasteiger partial charge on any atom is -0.283 e. The van der Waals surface area contributed by atoms with Gasteiger partial charge in [-0.25, -0.2) is 4.98 Å². The maximum atomic E-state index is 14.7. The second kappa shape index (κ2) is 4.47. The van der Waals surface area contributed by atoms with E-state index in [2.05, 4.69) is 9.98 Å². The molecule has 3 nitrogen and oxygen atoms in total. The van der Waals surface area contributed by atoms with Crippen molar-refractivity contribution in [2.24, 2.45) is 4.99 Å². The van der Waals surface area contributed by atoms with Gasteiger partial charge >= 0.3 is 5.92 Å². The van der Waals surface area contributed by atoms with Gasteiger partial charge in [0.05, 0.1) is 15.9 Å². The van der Waals surface area contributed by atoms with E-state index in [0.29, 0.717) is 11.4 Å². The third kappa shape index (κ3) is 1.91. The number of rotatable bonds is 0. The molecule has 6 heteroatoms. The molecular formula is C17H15F2N3S. The van der Waals surface area contributed by atoms with Gasteiger partial charge in [-0.2, -0.15) is 8.78 Å². The van der Waals surface area contributed by atoms with Crippen LogP contribution in [0.5, 0.6) is 0 Å². The Morgan fingerprint density at radius 2 is 1.96 bits per heavy atom. The molecule has 0 amide bonds. The Morgan fingerprint density at radius 1 is 1.17 bits per heavy atom. The summed E-state index contributed by atoms with van der Waals surface area (Å²) in [5.41, 5.74) is 1.78. The lowest BCUT2D eigenvalue weighted by Gasteiger charge is -2.35. The molecule has 0 saturated heterocycles. The van der Waals surface area contributed by atoms with Gasteiger partial charge in [0.1, 0.15) is 17.7 Å². The highest BCUT2D eigenvalue weighted by molar-refractivity contribution is 7.10. The highest BCUT2D eigenvalue weighted by atomic mass is 32.1. The molecule has 23 heavy (non-hydrogen) atoms. The number of fused-ring (bicyclic) bond motifs is 2. The summed E-state index contributed by atoms with van der Waals surface area (Å²) in [4.78, 5) is 8.84. The number of hydrogen-bond donors (Lipinski definition) is 0. The van der Waals surface area contributed by atoms with E-state index in [-0.39, 0.29) is 4.88 Å². The molecule has 0 aliphatic carbocycles. The van der Waals surface area contributed by atoms with E-state index in [9.17, 15) is 8.78 Å². The van der Waals surface area contributed by atoms with Crippen LogP contribution in [0.15, 0.2) is 41.0 Å². The lowest BCUT2D eigenvalue weighted by molar-refractivity contribution is -0.0649. The van der Waals surface area contributed by atoms with Gasteiger partial charge in [0.15, 0.2) is 0 Å². The standard InChI is InChI=1S/C17H15F2N3S/c1-10-4-5-12-13(8-10)22(9-20-12)15-11-6-7-23-14(11)17(18,19)16(2,3)21-15/h4-9H,1-3H3. The van der Waals surface area contributed by atoms with Crippen LogP contribution < -0.4 is 0 Å². The maximum Gasteiger partial charge on any atom is 0.307 e. The molecule has 0 saturated carbocycles. The molecule has 0 fully saturated rings. The third-order valence-corrected chi connectivity index (χ3v) is 5.26. The van der Waals surface area contributed by atoms with Crippen LogP contribution >= 0.6 is 11.3 Å². The van der Waals surface area contributed by atoms with Crippen LogP contribution in [0.3, 0.4) is 0 Å². The number of imidazole rings is 1. The van der Waals surface area contributed by atoms with Crippen molar-refractivity contribution in [2.75, 3.05) is 0 Å². The second-order valence-electron chi connectivity index (χ2n) is 6.34. The average Bonchev–Trinajstić information content (AvgIpc) is 3.10. The zero-order chi connectivity index (χ0) is 16.4. The van der Waals surface area contributed by atoms with Crippen molar-refractivity contribution in [3.63, 3.8) is 0 Å². The van der Waals surface area contributed by atoms with Crippen molar-refractivity contribution in [1.29, 1.82) is 0 Å². The van der Waals surface area contributed by atoms with Crippen molar-refractivity contribution in [1.82, 2.24) is 9.55 Å². The Morgan fingerprint density at radius 3 is 2.74 bits per heavy atom. The summed E-state index contributed by atoms with van der Waals surface area (Å²) in [5, 5.41) is 1.69. The summed E-state index contributed by atoms with van der Waals surface area (Å²) < 4.78 is 31.2. The zero-order valence-electron chi connectivity index (χ0n) is 13.0. The summed E-state index contributed by atoms with van der Waals surface area (Å²) in [7, 11) is 0. The summed E-state index contributed by atoms with van der Waals surface area (Å²) in [6.07, 6.45) is 1.66. The van der Waals surface area contributed by atoms with E-state index in [1.54, 1.807) is 17.8 Å². The molecule has 2 aromatic heterocycles. The topological polar surface area (TPSA) is 30.2 Å². The van der Waals surface area contributed by atoms with E-state index in [4.69, 9.17) is 0 Å². The van der Waals surface area contributed by atoms with Crippen molar-refractivity contribution in [2.45, 2.75) is 32.2 Å². The van der Waals surface area contributed by atoms with E-state index < -0.39 is 11.5 Å². The van der Waals surface area contributed by atoms with Gasteiger partial charge in [0, 0.05) is 5.56 Å². The van der Waals surface area contributed by atoms with E-state index in [0.717, 1.165) is 27.9 Å². The first-order chi connectivity index (χ1) is 10.8. The lowest BCUT2D eigenvalue weighted by Crippen LogP contribution is -2.44. The summed E-state index contributed by atoms with van der Waals surface area (Å²) >= 11 is 1.08. The maximum absolute atomic E-state index is 14.7. The predicted molar refractivity (Wildman–Crippen MR) is 88.7 cm³/mol. The van der Waals surface area contributed by atoms with Crippen LogP contribution in [0.4, 0.5) is 8.78 Å². The number of alkyl halides is 2. The first kappa shape index (κ1) is 14.5. The van der Waals surface area contributed by atoms with Crippen LogP contribution in [0.1, 0.15) is 29.9 Å². The highest BCUT2D eigenvalue weighted by Gasteiger charge is 2.54. The van der Waals surface area contributed by atoms with Crippen molar-refractivity contribution < 1.29 is 8.78 Å². The fraction of sp³-hybridized carbons (Fsp3) is 0.294. The number of nitrogens with zero attached hydrogens (tertiary/aromatic N) is 3. The summed E-state index contributed by atoms with van der Waals surface area (Å²) in [5.74, 6) is -2.45. The van der Waals surface area contributed by atoms with Crippen LogP contribution in [-0.2, 0) is 5.92 Å². The molecule has 0 bridgehead atoms. The molecule has 1 aliphatic rings. The van der Waals surface area contributed by atoms with Gasteiger partial charge in [-0.1, -0.05) is 6.07 Å². The second-order valence-corrected chi connectivity index (χ2v) is 7.26. The smallest absolute Gasteiger partial charge is 0.283 e. The molecule has 118 valence electrons. The fourth-order valence-electron chi connectivity index (χ4n) is 2.87. The predicted octanol–water partition coefficient (Wildman–Crippen LogP) is 4.59. The van der Waals surface area contributed by atoms with E-state index in [1.165, 1.54) is 13.8 Å². The van der Waals surface area contributed by atoms with Gasteiger partial charge in [-0.15, -0.1) is 11.3 Å². The summed E-state index contributed by atoms with van der Waals surface area (Å²) in [6, 6.07) is 7.62. The van der Waals surface area contributed by atoms with Gasteiger partial charge in [0.2, 0.25) is 0 Å². The van der Waals surface area contributed by atoms with Crippen molar-refractivity contribution in [3.8, 4) is 0 Å². The Labute approximate surface area is 136 Å². The molecule has 3 heterocycles. The monoisotopic (exact) mass is 331 g/mol. The number of halogens is 2. The van der Waals surface area contributed by atoms with E-state index in [1.807, 2.05) is 29.7 Å². The fourth-order valence-corrected chi connectivity index (χ4v) is 3.90. The lowest BCUT2D eigenvalue weighted by atomic mass is 9.90. The van der Waals surface area contributed by atoms with Crippen LogP contribution in [-0.4, -0.2) is 20.9 Å². The first-order valence-corrected chi connectivity index (χ1v) is 8.19. The number of thiophene rings is 1. The number of aryl methyl sites for hydroxylation is 1. The highest BCUT2D eigenvalue weighted by Crippen LogP contribution is 2.48. The Bertz CT molecular complexity index is 950. The van der Waals surface area contributed by atoms with Crippen molar-refractivity contribution >= 4 is 28.2 Å². The van der Waals surface area contributed by atoms with Crippen LogP contribution in [0.25, 0.3) is 11.0 Å². The molecule has 0 spiro atoms. The molecular weight excluding hydrogens is 316 g/mol. The molecule has 0 atom stereocenters. The Balaban J connectivity index is 2.02. The van der Waals surface area contributed by atoms with Crippen molar-refractivity contribution in [3.05, 3.63) is 52.0 Å². The number of aliphatic imine (C=N–C) groups is 1.